The van der Waals surface area contributed by atoms with Crippen LogP contribution in [0.3, 0.4) is 0 Å². The van der Waals surface area contributed by atoms with E-state index in [1.807, 2.05) is 101 Å². The fourth-order valence-corrected chi connectivity index (χ4v) is 11.8. The van der Waals surface area contributed by atoms with Crippen LogP contribution < -0.4 is 5.32 Å². The summed E-state index contributed by atoms with van der Waals surface area (Å²) in [5.41, 5.74) is 1.84. The molecule has 15 atom stereocenters. The molecule has 3 heterocycles. The van der Waals surface area contributed by atoms with Crippen LogP contribution in [-0.4, -0.2) is 133 Å². The van der Waals surface area contributed by atoms with Crippen molar-refractivity contribution in [2.45, 2.75) is 180 Å². The summed E-state index contributed by atoms with van der Waals surface area (Å²) in [6.45, 7) is 12.7. The number of nitrogens with zero attached hydrogens (tertiary/aromatic N) is 1. The van der Waals surface area contributed by atoms with E-state index in [0.29, 0.717) is 75.5 Å². The second kappa shape index (κ2) is 28.7. The first-order valence-corrected chi connectivity index (χ1v) is 28.1. The summed E-state index contributed by atoms with van der Waals surface area (Å²) in [5.74, 6) is -8.38. The standard InChI is InChI=1S/C62H86N2O14/c1-37-18-12-11-13-19-38(2)52(73-8)35-48-27-23-43(7)62(72,78-48)58(68)59(69)64-29-17-16-22-49(64)60(70)76-53(36-50(65)39(3)31-42(6)56(67)57(75-10)55(66)41(5)30-37)40(4)32-44-24-28-51(54(33-44)74-9)77-61(71)63-47-26-25-45-20-14-15-21-46(45)34-47/h11-15,18-21,25-26,31,34,37,39-41,43-44,48-49,51-54,56-57,67,72H,16-17,22-24,27-30,32-33,35-36H2,1-10H3,(H,63,71)/b13-11+,18-12+,38-19+,42-31+/t37?,39?,40?,41-,43-,44?,48?,49+,51-,52?,53?,54?,56-,57?,62-/m1/s1. The van der Waals surface area contributed by atoms with Gasteiger partial charge in [0.25, 0.3) is 11.7 Å². The number of aliphatic hydroxyl groups is 2. The number of amides is 2. The lowest BCUT2D eigenvalue weighted by Crippen LogP contribution is -2.61. The zero-order valence-electron chi connectivity index (χ0n) is 47.5. The Balaban J connectivity index is 1.25. The van der Waals surface area contributed by atoms with Crippen molar-refractivity contribution in [3.8, 4) is 0 Å². The van der Waals surface area contributed by atoms with Gasteiger partial charge in [0.1, 0.15) is 36.2 Å². The molecule has 0 aromatic heterocycles. The SMILES string of the molecule is COC1CC2CC[C@@H](C)[C@@](O)(O2)C(=O)C(=O)N2CCCC[C@H]2C(=O)OC(C(C)CC2CC[C@@H](OC(=O)Nc3ccc4ccccc4c3)C(OC)C2)CC(=O)C(C)/C=C(\C)[C@@H](O)C(OC)C(=O)[C@H](C)CC(C)/C=C/C=C/C=C/1C. The number of carbonyl (C=O) groups is 6. The lowest BCUT2D eigenvalue weighted by atomic mass is 9.78. The number of fused-ring (bicyclic) bond motifs is 4. The third-order valence-corrected chi connectivity index (χ3v) is 16.7. The summed E-state index contributed by atoms with van der Waals surface area (Å²) in [4.78, 5) is 86.0. The first-order chi connectivity index (χ1) is 37.2. The van der Waals surface area contributed by atoms with Crippen molar-refractivity contribution >= 4 is 51.8 Å². The molecule has 2 saturated heterocycles. The van der Waals surface area contributed by atoms with Gasteiger partial charge in [0.05, 0.1) is 18.3 Å². The lowest BCUT2D eigenvalue weighted by molar-refractivity contribution is -0.265. The molecule has 1 saturated carbocycles. The Morgan fingerprint density at radius 1 is 0.833 bits per heavy atom. The normalized spacial score (nSPS) is 35.5. The quantitative estimate of drug-likeness (QED) is 0.128. The maximum Gasteiger partial charge on any atom is 0.411 e. The summed E-state index contributed by atoms with van der Waals surface area (Å²) in [6, 6.07) is 12.3. The molecular formula is C62H86N2O14. The summed E-state index contributed by atoms with van der Waals surface area (Å²) in [6.07, 6.45) is 9.90. The Bertz CT molecular complexity index is 2540. The lowest BCUT2D eigenvalue weighted by Gasteiger charge is -2.42. The van der Waals surface area contributed by atoms with Gasteiger partial charge >= 0.3 is 12.1 Å². The number of ether oxygens (including phenoxy) is 6. The van der Waals surface area contributed by atoms with Crippen molar-refractivity contribution < 1.29 is 67.4 Å². The molecule has 1 aliphatic carbocycles. The molecule has 3 aliphatic heterocycles. The predicted molar refractivity (Wildman–Crippen MR) is 297 cm³/mol. The minimum absolute atomic E-state index is 0.000475. The highest BCUT2D eigenvalue weighted by atomic mass is 16.6. The second-order valence-electron chi connectivity index (χ2n) is 22.7. The third kappa shape index (κ3) is 15.9. The molecule has 9 unspecified atom stereocenters. The zero-order valence-corrected chi connectivity index (χ0v) is 47.5. The van der Waals surface area contributed by atoms with E-state index in [2.05, 4.69) is 5.32 Å². The Morgan fingerprint density at radius 3 is 2.29 bits per heavy atom. The van der Waals surface area contributed by atoms with E-state index in [1.54, 1.807) is 41.1 Å². The second-order valence-corrected chi connectivity index (χ2v) is 22.7. The molecule has 2 amide bonds. The molecule has 2 aromatic rings. The average Bonchev–Trinajstić information content (AvgIpc) is 3.44. The van der Waals surface area contributed by atoms with Gasteiger partial charge in [-0.15, -0.1) is 0 Å². The molecule has 0 spiro atoms. The molecule has 6 rings (SSSR count). The number of rotatable bonds is 8. The van der Waals surface area contributed by atoms with Crippen LogP contribution in [0.4, 0.5) is 10.5 Å². The molecule has 16 heteroatoms. The van der Waals surface area contributed by atoms with E-state index in [9.17, 15) is 39.0 Å². The van der Waals surface area contributed by atoms with Gasteiger partial charge in [0.2, 0.25) is 5.79 Å². The first kappa shape index (κ1) is 61.8. The van der Waals surface area contributed by atoms with Crippen molar-refractivity contribution in [3.63, 3.8) is 0 Å². The van der Waals surface area contributed by atoms with Gasteiger partial charge in [-0.25, -0.2) is 9.59 Å². The predicted octanol–water partition coefficient (Wildman–Crippen LogP) is 9.59. The molecule has 4 aliphatic rings. The van der Waals surface area contributed by atoms with Crippen LogP contribution in [0.5, 0.6) is 0 Å². The van der Waals surface area contributed by atoms with Crippen molar-refractivity contribution in [1.82, 2.24) is 4.90 Å². The Kier molecular flexibility index (Phi) is 22.7. The summed E-state index contributed by atoms with van der Waals surface area (Å²) < 4.78 is 35.9. The highest BCUT2D eigenvalue weighted by Crippen LogP contribution is 2.38. The number of cyclic esters (lactones) is 1. The molecule has 3 N–H and O–H groups in total. The number of nitrogens with one attached hydrogen (secondary N) is 1. The zero-order chi connectivity index (χ0) is 56.8. The van der Waals surface area contributed by atoms with Crippen LogP contribution in [0.2, 0.25) is 0 Å². The molecule has 428 valence electrons. The monoisotopic (exact) mass is 1080 g/mol. The van der Waals surface area contributed by atoms with Crippen molar-refractivity contribution in [2.75, 3.05) is 33.2 Å². The van der Waals surface area contributed by atoms with E-state index in [1.165, 1.54) is 12.0 Å². The van der Waals surface area contributed by atoms with E-state index in [4.69, 9.17) is 28.4 Å². The molecular weight excluding hydrogens is 997 g/mol. The number of methoxy groups -OCH3 is 3. The van der Waals surface area contributed by atoms with Gasteiger partial charge in [-0.2, -0.15) is 0 Å². The van der Waals surface area contributed by atoms with Crippen LogP contribution in [0.25, 0.3) is 10.8 Å². The van der Waals surface area contributed by atoms with Crippen molar-refractivity contribution in [1.29, 1.82) is 0 Å². The van der Waals surface area contributed by atoms with Crippen LogP contribution in [0.15, 0.2) is 90.1 Å². The van der Waals surface area contributed by atoms with Crippen LogP contribution in [0.1, 0.15) is 126 Å². The van der Waals surface area contributed by atoms with Gasteiger partial charge in [-0.1, -0.05) is 101 Å². The number of carbonyl (C=O) groups excluding carboxylic acids is 6. The largest absolute Gasteiger partial charge is 0.460 e. The number of ketones is 3. The van der Waals surface area contributed by atoms with Crippen LogP contribution in [0, 0.1) is 35.5 Å². The van der Waals surface area contributed by atoms with Crippen molar-refractivity contribution in [3.05, 3.63) is 90.1 Å². The number of allylic oxidation sites excluding steroid dienone is 6. The molecule has 78 heavy (non-hydrogen) atoms. The number of hydrogen-bond donors (Lipinski definition) is 3. The molecule has 0 radical (unpaired) electrons. The number of anilines is 1. The first-order valence-electron chi connectivity index (χ1n) is 28.1. The minimum Gasteiger partial charge on any atom is -0.460 e. The Hall–Kier alpha value is -5.36. The molecule has 2 aromatic carbocycles. The molecule has 2 bridgehead atoms. The van der Waals surface area contributed by atoms with Gasteiger partial charge in [-0.3, -0.25) is 24.5 Å². The smallest absolute Gasteiger partial charge is 0.411 e. The number of hydrogen-bond acceptors (Lipinski definition) is 14. The minimum atomic E-state index is -2.46. The molecule has 3 fully saturated rings. The van der Waals surface area contributed by atoms with Gasteiger partial charge < -0.3 is 43.5 Å². The number of piperidine rings is 1. The van der Waals surface area contributed by atoms with Crippen molar-refractivity contribution in [2.24, 2.45) is 35.5 Å². The van der Waals surface area contributed by atoms with E-state index < -0.39 is 102 Å². The van der Waals surface area contributed by atoms with Crippen LogP contribution in [-0.2, 0) is 52.4 Å². The highest BCUT2D eigenvalue weighted by Gasteiger charge is 2.53. The average molecular weight is 1080 g/mol. The number of aliphatic hydroxyl groups excluding tert-OH is 1. The number of esters is 1. The van der Waals surface area contributed by atoms with Gasteiger partial charge in [-0.05, 0) is 130 Å². The van der Waals surface area contributed by atoms with E-state index in [0.717, 1.165) is 16.3 Å². The van der Waals surface area contributed by atoms with E-state index >= 15 is 0 Å². The summed E-state index contributed by atoms with van der Waals surface area (Å²) in [7, 11) is 4.52. The van der Waals surface area contributed by atoms with Gasteiger partial charge in [0, 0.05) is 64.2 Å². The highest BCUT2D eigenvalue weighted by molar-refractivity contribution is 6.39. The summed E-state index contributed by atoms with van der Waals surface area (Å²) >= 11 is 0. The Morgan fingerprint density at radius 2 is 1.58 bits per heavy atom. The maximum absolute atomic E-state index is 14.6. The topological polar surface area (TPSA) is 214 Å². The Labute approximate surface area is 461 Å². The summed E-state index contributed by atoms with van der Waals surface area (Å²) in [5, 5.41) is 28.5. The van der Waals surface area contributed by atoms with Gasteiger partial charge in [0.15, 0.2) is 5.78 Å². The van der Waals surface area contributed by atoms with Crippen LogP contribution >= 0.6 is 0 Å². The molecule has 16 nitrogen and oxygen atoms in total. The fraction of sp³-hybridized carbons (Fsp3) is 0.613. The third-order valence-electron chi connectivity index (χ3n) is 16.7. The fourth-order valence-electron chi connectivity index (χ4n) is 11.8. The number of benzene rings is 2. The number of Topliss-reactive ketones (excluding diaryl/α,β-unsaturated/α-hetero) is 3. The van der Waals surface area contributed by atoms with E-state index in [-0.39, 0.29) is 42.8 Å². The maximum atomic E-state index is 14.6.